The zero-order chi connectivity index (χ0) is 27.0. The van der Waals surface area contributed by atoms with Crippen molar-refractivity contribution in [3.05, 3.63) is 125 Å². The molecular weight excluding hydrogens is 486 g/mol. The number of rotatable bonds is 8. The third-order valence-corrected chi connectivity index (χ3v) is 7.03. The molecule has 0 aromatic heterocycles. The molecule has 1 aliphatic rings. The molecule has 0 bridgehead atoms. The van der Waals surface area contributed by atoms with Crippen molar-refractivity contribution < 1.29 is 14.3 Å². The van der Waals surface area contributed by atoms with Crippen LogP contribution in [0.3, 0.4) is 0 Å². The number of nitrogens with one attached hydrogen (secondary N) is 1. The fourth-order valence-corrected chi connectivity index (χ4v) is 4.64. The van der Waals surface area contributed by atoms with Crippen LogP contribution in [0.4, 0.5) is 11.4 Å². The highest BCUT2D eigenvalue weighted by Gasteiger charge is 2.22. The fourth-order valence-electron chi connectivity index (χ4n) is 4.64. The lowest BCUT2D eigenvalue weighted by Crippen LogP contribution is -2.48. The van der Waals surface area contributed by atoms with Gasteiger partial charge >= 0.3 is 0 Å². The first kappa shape index (κ1) is 26.0. The number of ether oxygens (including phenoxy) is 1. The maximum absolute atomic E-state index is 12.9. The fraction of sp³-hybridized carbons (Fsp3) is 0.212. The van der Waals surface area contributed by atoms with Gasteiger partial charge in [0.05, 0.1) is 0 Å². The Morgan fingerprint density at radius 1 is 0.718 bits per heavy atom. The Morgan fingerprint density at radius 2 is 1.36 bits per heavy atom. The molecule has 1 N–H and O–H groups in total. The molecule has 0 saturated carbocycles. The number of anilines is 2. The molecule has 1 saturated heterocycles. The molecule has 0 spiro atoms. The summed E-state index contributed by atoms with van der Waals surface area (Å²) in [4.78, 5) is 29.8. The van der Waals surface area contributed by atoms with Gasteiger partial charge in [-0.1, -0.05) is 49.4 Å². The monoisotopic (exact) mass is 519 g/mol. The van der Waals surface area contributed by atoms with Gasteiger partial charge in [-0.3, -0.25) is 9.59 Å². The van der Waals surface area contributed by atoms with Crippen molar-refractivity contribution in [2.45, 2.75) is 20.0 Å². The van der Waals surface area contributed by atoms with E-state index in [9.17, 15) is 9.59 Å². The predicted octanol–water partition coefficient (Wildman–Crippen LogP) is 6.04. The number of amides is 2. The molecule has 6 heteroatoms. The molecule has 0 unspecified atom stereocenters. The number of carbonyl (C=O) groups excluding carboxylic acids is 2. The molecule has 198 valence electrons. The Morgan fingerprint density at radius 3 is 2.00 bits per heavy atom. The third kappa shape index (κ3) is 6.65. The average Bonchev–Trinajstić information content (AvgIpc) is 3.01. The van der Waals surface area contributed by atoms with Crippen molar-refractivity contribution in [1.82, 2.24) is 4.90 Å². The van der Waals surface area contributed by atoms with Crippen LogP contribution in [0.1, 0.15) is 38.8 Å². The maximum Gasteiger partial charge on any atom is 0.255 e. The van der Waals surface area contributed by atoms with Crippen LogP contribution in [0, 0.1) is 0 Å². The minimum atomic E-state index is -0.170. The number of hydrogen-bond donors (Lipinski definition) is 1. The number of piperazine rings is 1. The van der Waals surface area contributed by atoms with Crippen LogP contribution in [-0.4, -0.2) is 42.9 Å². The third-order valence-electron chi connectivity index (χ3n) is 7.03. The summed E-state index contributed by atoms with van der Waals surface area (Å²) >= 11 is 0. The lowest BCUT2D eigenvalue weighted by Gasteiger charge is -2.36. The van der Waals surface area contributed by atoms with Crippen LogP contribution in [0.25, 0.3) is 0 Å². The molecule has 4 aromatic rings. The summed E-state index contributed by atoms with van der Waals surface area (Å²) in [6.45, 7) is 5.48. The van der Waals surface area contributed by atoms with Gasteiger partial charge in [0.1, 0.15) is 12.4 Å². The summed E-state index contributed by atoms with van der Waals surface area (Å²) in [7, 11) is 0. The van der Waals surface area contributed by atoms with Gasteiger partial charge in [0.25, 0.3) is 11.8 Å². The lowest BCUT2D eigenvalue weighted by atomic mass is 10.1. The van der Waals surface area contributed by atoms with Gasteiger partial charge in [-0.2, -0.15) is 0 Å². The Hall–Kier alpha value is -4.58. The van der Waals surface area contributed by atoms with E-state index in [1.165, 1.54) is 5.56 Å². The van der Waals surface area contributed by atoms with Crippen molar-refractivity contribution in [2.75, 3.05) is 36.4 Å². The molecule has 39 heavy (non-hydrogen) atoms. The number of benzene rings is 4. The number of carbonyl (C=O) groups is 2. The second-order valence-corrected chi connectivity index (χ2v) is 9.63. The summed E-state index contributed by atoms with van der Waals surface area (Å²) in [6, 6.07) is 32.9. The van der Waals surface area contributed by atoms with Gasteiger partial charge in [0.15, 0.2) is 0 Å². The summed E-state index contributed by atoms with van der Waals surface area (Å²) in [5.74, 6) is 0.638. The van der Waals surface area contributed by atoms with Crippen molar-refractivity contribution >= 4 is 23.2 Å². The highest BCUT2D eigenvalue weighted by molar-refractivity contribution is 6.04. The number of hydrogen-bond acceptors (Lipinski definition) is 4. The standard InChI is InChI=1S/C33H33N3O3/c1-2-25-8-10-28(11-9-25)33(38)36-22-20-35(21-23-36)30-16-14-29(15-17-30)34-32(37)27-12-18-31(19-13-27)39-24-26-6-4-3-5-7-26/h3-19H,2,20-24H2,1H3,(H,34,37). The zero-order valence-electron chi connectivity index (χ0n) is 22.2. The first-order valence-electron chi connectivity index (χ1n) is 13.4. The van der Waals surface area contributed by atoms with Gasteiger partial charge in [0, 0.05) is 48.7 Å². The van der Waals surface area contributed by atoms with Crippen LogP contribution in [0.2, 0.25) is 0 Å². The maximum atomic E-state index is 12.9. The van der Waals surface area contributed by atoms with E-state index in [1.54, 1.807) is 12.1 Å². The van der Waals surface area contributed by atoms with Gasteiger partial charge in [-0.25, -0.2) is 0 Å². The minimum Gasteiger partial charge on any atom is -0.489 e. The van der Waals surface area contributed by atoms with E-state index in [4.69, 9.17) is 4.74 Å². The Labute approximate surface area is 229 Å². The van der Waals surface area contributed by atoms with E-state index in [-0.39, 0.29) is 11.8 Å². The first-order valence-corrected chi connectivity index (χ1v) is 13.4. The number of aryl methyl sites for hydroxylation is 1. The summed E-state index contributed by atoms with van der Waals surface area (Å²) < 4.78 is 5.81. The normalized spacial score (nSPS) is 13.2. The Balaban J connectivity index is 1.10. The molecule has 0 radical (unpaired) electrons. The van der Waals surface area contributed by atoms with Crippen molar-refractivity contribution in [2.24, 2.45) is 0 Å². The summed E-state index contributed by atoms with van der Waals surface area (Å²) in [6.07, 6.45) is 0.966. The van der Waals surface area contributed by atoms with Gasteiger partial charge in [-0.05, 0) is 78.2 Å². The quantitative estimate of drug-likeness (QED) is 0.308. The van der Waals surface area contributed by atoms with Crippen LogP contribution >= 0.6 is 0 Å². The molecule has 1 aliphatic heterocycles. The SMILES string of the molecule is CCc1ccc(C(=O)N2CCN(c3ccc(NC(=O)c4ccc(OCc5ccccc5)cc4)cc3)CC2)cc1. The van der Waals surface area contributed by atoms with Gasteiger partial charge in [0.2, 0.25) is 0 Å². The minimum absolute atomic E-state index is 0.0890. The van der Waals surface area contributed by atoms with E-state index in [2.05, 4.69) is 17.1 Å². The van der Waals surface area contributed by atoms with E-state index in [0.717, 1.165) is 47.8 Å². The van der Waals surface area contributed by atoms with Crippen LogP contribution in [-0.2, 0) is 13.0 Å². The van der Waals surface area contributed by atoms with Crippen molar-refractivity contribution in [1.29, 1.82) is 0 Å². The number of nitrogens with zero attached hydrogens (tertiary/aromatic N) is 2. The Bertz CT molecular complexity index is 1380. The first-order chi connectivity index (χ1) is 19.1. The zero-order valence-corrected chi connectivity index (χ0v) is 22.2. The van der Waals surface area contributed by atoms with Crippen LogP contribution < -0.4 is 15.0 Å². The molecule has 1 heterocycles. The van der Waals surface area contributed by atoms with E-state index < -0.39 is 0 Å². The molecular formula is C33H33N3O3. The molecule has 1 fully saturated rings. The molecule has 2 amide bonds. The average molecular weight is 520 g/mol. The second-order valence-electron chi connectivity index (χ2n) is 9.63. The molecule has 0 atom stereocenters. The lowest BCUT2D eigenvalue weighted by molar-refractivity contribution is 0.0746. The molecule has 5 rings (SSSR count). The van der Waals surface area contributed by atoms with E-state index >= 15 is 0 Å². The van der Waals surface area contributed by atoms with E-state index in [0.29, 0.717) is 25.3 Å². The summed E-state index contributed by atoms with van der Waals surface area (Å²) in [5, 5.41) is 2.96. The van der Waals surface area contributed by atoms with Crippen LogP contribution in [0.5, 0.6) is 5.75 Å². The second kappa shape index (κ2) is 12.3. The molecule has 6 nitrogen and oxygen atoms in total. The van der Waals surface area contributed by atoms with Gasteiger partial charge in [-0.15, -0.1) is 0 Å². The molecule has 4 aromatic carbocycles. The smallest absolute Gasteiger partial charge is 0.255 e. The summed E-state index contributed by atoms with van der Waals surface area (Å²) in [5.41, 5.74) is 5.45. The topological polar surface area (TPSA) is 61.9 Å². The Kier molecular flexibility index (Phi) is 8.22. The van der Waals surface area contributed by atoms with E-state index in [1.807, 2.05) is 95.9 Å². The largest absolute Gasteiger partial charge is 0.489 e. The van der Waals surface area contributed by atoms with Crippen molar-refractivity contribution in [3.63, 3.8) is 0 Å². The van der Waals surface area contributed by atoms with Crippen LogP contribution in [0.15, 0.2) is 103 Å². The van der Waals surface area contributed by atoms with Crippen molar-refractivity contribution in [3.8, 4) is 5.75 Å². The van der Waals surface area contributed by atoms with Gasteiger partial charge < -0.3 is 19.9 Å². The molecule has 0 aliphatic carbocycles. The predicted molar refractivity (Wildman–Crippen MR) is 156 cm³/mol. The highest BCUT2D eigenvalue weighted by atomic mass is 16.5. The highest BCUT2D eigenvalue weighted by Crippen LogP contribution is 2.22.